The second-order valence-electron chi connectivity index (χ2n) is 3.24. The molecule has 68 valence electrons. The normalized spacial score (nSPS) is 11.1. The van der Waals surface area contributed by atoms with Crippen molar-refractivity contribution in [1.29, 1.82) is 0 Å². The molecule has 0 saturated carbocycles. The monoisotopic (exact) mass is 184 g/mol. The molecule has 0 unspecified atom stereocenters. The van der Waals surface area contributed by atoms with Gasteiger partial charge in [-0.3, -0.25) is 4.40 Å². The maximum absolute atomic E-state index is 9.70. The third-order valence-corrected chi connectivity index (χ3v) is 2.39. The van der Waals surface area contributed by atoms with Gasteiger partial charge in [0.2, 0.25) is 0 Å². The Morgan fingerprint density at radius 3 is 2.93 bits per heavy atom. The molecule has 0 bridgehead atoms. The van der Waals surface area contributed by atoms with Gasteiger partial charge in [0.25, 0.3) is 0 Å². The molecule has 0 aliphatic carbocycles. The van der Waals surface area contributed by atoms with E-state index in [0.29, 0.717) is 0 Å². The Morgan fingerprint density at radius 2 is 2.00 bits per heavy atom. The Hall–Kier alpha value is -2.03. The molecule has 0 amide bonds. The minimum Gasteiger partial charge on any atom is -0.506 e. The van der Waals surface area contributed by atoms with Crippen molar-refractivity contribution in [3.63, 3.8) is 0 Å². The van der Waals surface area contributed by atoms with Gasteiger partial charge in [-0.2, -0.15) is 0 Å². The fraction of sp³-hybridized carbons (Fsp3) is 0. The summed E-state index contributed by atoms with van der Waals surface area (Å²) in [6.45, 7) is 0. The van der Waals surface area contributed by atoms with Crippen LogP contribution in [0.2, 0.25) is 0 Å². The smallest absolute Gasteiger partial charge is 0.141 e. The summed E-state index contributed by atoms with van der Waals surface area (Å²) in [6, 6.07) is 9.65. The van der Waals surface area contributed by atoms with Crippen molar-refractivity contribution in [3.05, 3.63) is 42.9 Å². The summed E-state index contributed by atoms with van der Waals surface area (Å²) >= 11 is 0. The number of pyridine rings is 1. The first-order chi connectivity index (χ1) is 6.86. The van der Waals surface area contributed by atoms with Crippen molar-refractivity contribution in [2.45, 2.75) is 0 Å². The first kappa shape index (κ1) is 7.38. The van der Waals surface area contributed by atoms with E-state index in [0.717, 1.165) is 16.4 Å². The summed E-state index contributed by atoms with van der Waals surface area (Å²) in [5, 5.41) is 10.7. The molecule has 3 rings (SSSR count). The molecule has 0 radical (unpaired) electrons. The summed E-state index contributed by atoms with van der Waals surface area (Å²) in [7, 11) is 0. The van der Waals surface area contributed by atoms with Crippen molar-refractivity contribution in [3.8, 4) is 5.75 Å². The van der Waals surface area contributed by atoms with Gasteiger partial charge in [-0.1, -0.05) is 18.2 Å². The zero-order chi connectivity index (χ0) is 9.54. The van der Waals surface area contributed by atoms with Gasteiger partial charge in [-0.25, -0.2) is 4.98 Å². The summed E-state index contributed by atoms with van der Waals surface area (Å²) in [6.07, 6.45) is 3.36. The molecule has 14 heavy (non-hydrogen) atoms. The maximum Gasteiger partial charge on any atom is 0.141 e. The lowest BCUT2D eigenvalue weighted by Crippen LogP contribution is -1.85. The molecule has 1 aromatic carbocycles. The van der Waals surface area contributed by atoms with Crippen LogP contribution in [0.1, 0.15) is 0 Å². The molecule has 0 fully saturated rings. The average Bonchev–Trinajstić information content (AvgIpc) is 2.67. The average molecular weight is 184 g/mol. The number of benzene rings is 1. The van der Waals surface area contributed by atoms with E-state index in [1.807, 2.05) is 28.7 Å². The minimum absolute atomic E-state index is 0.265. The number of hydrogen-bond donors (Lipinski definition) is 1. The fourth-order valence-electron chi connectivity index (χ4n) is 1.73. The van der Waals surface area contributed by atoms with E-state index in [4.69, 9.17) is 0 Å². The van der Waals surface area contributed by atoms with E-state index in [2.05, 4.69) is 4.98 Å². The second kappa shape index (κ2) is 2.48. The number of hydrogen-bond acceptors (Lipinski definition) is 2. The SMILES string of the molecule is Oc1cc2ccccc2n2cncc12. The van der Waals surface area contributed by atoms with Crippen LogP contribution in [0.3, 0.4) is 0 Å². The van der Waals surface area contributed by atoms with Crippen LogP contribution in [0.5, 0.6) is 5.75 Å². The van der Waals surface area contributed by atoms with E-state index in [1.165, 1.54) is 0 Å². The van der Waals surface area contributed by atoms with Gasteiger partial charge >= 0.3 is 0 Å². The first-order valence-electron chi connectivity index (χ1n) is 4.39. The van der Waals surface area contributed by atoms with Gasteiger partial charge in [-0.15, -0.1) is 0 Å². The predicted octanol–water partition coefficient (Wildman–Crippen LogP) is 2.19. The van der Waals surface area contributed by atoms with Gasteiger partial charge in [-0.05, 0) is 12.1 Å². The van der Waals surface area contributed by atoms with Gasteiger partial charge in [0.1, 0.15) is 11.3 Å². The molecule has 3 aromatic rings. The van der Waals surface area contributed by atoms with E-state index >= 15 is 0 Å². The number of rotatable bonds is 0. The van der Waals surface area contributed by atoms with E-state index in [1.54, 1.807) is 18.6 Å². The number of aromatic nitrogens is 2. The fourth-order valence-corrected chi connectivity index (χ4v) is 1.73. The summed E-state index contributed by atoms with van der Waals surface area (Å²) < 4.78 is 1.88. The zero-order valence-corrected chi connectivity index (χ0v) is 7.38. The first-order valence-corrected chi connectivity index (χ1v) is 4.39. The number of nitrogens with zero attached hydrogens (tertiary/aromatic N) is 2. The largest absolute Gasteiger partial charge is 0.506 e. The molecule has 0 aliphatic heterocycles. The van der Waals surface area contributed by atoms with Crippen LogP contribution < -0.4 is 0 Å². The zero-order valence-electron chi connectivity index (χ0n) is 7.38. The molecule has 0 atom stereocenters. The molecule has 0 spiro atoms. The highest BCUT2D eigenvalue weighted by atomic mass is 16.3. The van der Waals surface area contributed by atoms with Gasteiger partial charge in [0.05, 0.1) is 18.0 Å². The Bertz CT molecular complexity index is 613. The molecular formula is C11H8N2O. The molecule has 0 aliphatic rings. The molecular weight excluding hydrogens is 176 g/mol. The summed E-state index contributed by atoms with van der Waals surface area (Å²) in [4.78, 5) is 4.02. The van der Waals surface area contributed by atoms with Crippen LogP contribution in [-0.4, -0.2) is 14.5 Å². The molecule has 2 heterocycles. The third-order valence-electron chi connectivity index (χ3n) is 2.39. The lowest BCUT2D eigenvalue weighted by molar-refractivity contribution is 0.480. The standard InChI is InChI=1S/C11H8N2O/c14-11-5-8-3-1-2-4-9(8)13-7-12-6-10(11)13/h1-7,14H. The molecule has 3 heteroatoms. The molecule has 2 aromatic heterocycles. The van der Waals surface area contributed by atoms with Crippen molar-refractivity contribution < 1.29 is 5.11 Å². The van der Waals surface area contributed by atoms with Crippen molar-refractivity contribution in [2.24, 2.45) is 0 Å². The Labute approximate surface area is 80.2 Å². The number of para-hydroxylation sites is 1. The van der Waals surface area contributed by atoms with Crippen molar-refractivity contribution >= 4 is 16.4 Å². The van der Waals surface area contributed by atoms with Crippen molar-refractivity contribution in [1.82, 2.24) is 9.38 Å². The Kier molecular flexibility index (Phi) is 1.31. The minimum atomic E-state index is 0.265. The van der Waals surface area contributed by atoms with Gasteiger partial charge in [0.15, 0.2) is 0 Å². The highest BCUT2D eigenvalue weighted by Gasteiger charge is 2.04. The number of imidazole rings is 1. The highest BCUT2D eigenvalue weighted by molar-refractivity contribution is 5.85. The quantitative estimate of drug-likeness (QED) is 0.581. The Balaban J connectivity index is 2.66. The van der Waals surface area contributed by atoms with E-state index < -0.39 is 0 Å². The lowest BCUT2D eigenvalue weighted by atomic mass is 10.2. The highest BCUT2D eigenvalue weighted by Crippen LogP contribution is 2.24. The number of aromatic hydroxyl groups is 1. The van der Waals surface area contributed by atoms with Crippen LogP contribution in [0.4, 0.5) is 0 Å². The van der Waals surface area contributed by atoms with Crippen LogP contribution >= 0.6 is 0 Å². The van der Waals surface area contributed by atoms with Crippen LogP contribution in [0, 0.1) is 0 Å². The molecule has 1 N–H and O–H groups in total. The van der Waals surface area contributed by atoms with Crippen LogP contribution in [-0.2, 0) is 0 Å². The van der Waals surface area contributed by atoms with Crippen LogP contribution in [0.25, 0.3) is 16.4 Å². The molecule has 0 saturated heterocycles. The van der Waals surface area contributed by atoms with Crippen molar-refractivity contribution in [2.75, 3.05) is 0 Å². The lowest BCUT2D eigenvalue weighted by Gasteiger charge is -2.03. The second-order valence-corrected chi connectivity index (χ2v) is 3.24. The van der Waals surface area contributed by atoms with Crippen LogP contribution in [0.15, 0.2) is 42.9 Å². The third kappa shape index (κ3) is 0.836. The van der Waals surface area contributed by atoms with E-state index in [-0.39, 0.29) is 5.75 Å². The topological polar surface area (TPSA) is 37.5 Å². The van der Waals surface area contributed by atoms with E-state index in [9.17, 15) is 5.11 Å². The summed E-state index contributed by atoms with van der Waals surface area (Å²) in [5.41, 5.74) is 1.79. The van der Waals surface area contributed by atoms with Gasteiger partial charge in [0, 0.05) is 5.39 Å². The number of fused-ring (bicyclic) bond motifs is 3. The van der Waals surface area contributed by atoms with Gasteiger partial charge < -0.3 is 5.11 Å². The predicted molar refractivity (Wildman–Crippen MR) is 54.4 cm³/mol. The molecule has 3 nitrogen and oxygen atoms in total. The Morgan fingerprint density at radius 1 is 1.14 bits per heavy atom. The summed E-state index contributed by atoms with van der Waals surface area (Å²) in [5.74, 6) is 0.265. The maximum atomic E-state index is 9.70.